The highest BCUT2D eigenvalue weighted by atomic mass is 19.1. The van der Waals surface area contributed by atoms with E-state index in [1.54, 1.807) is 37.3 Å². The molecule has 2 heterocycles. The number of carbonyl (C=O) groups is 1. The first-order valence-electron chi connectivity index (χ1n) is 10.6. The summed E-state index contributed by atoms with van der Waals surface area (Å²) in [5.41, 5.74) is 2.79. The van der Waals surface area contributed by atoms with Crippen molar-refractivity contribution < 1.29 is 23.2 Å². The molecule has 8 nitrogen and oxygen atoms in total. The van der Waals surface area contributed by atoms with Gasteiger partial charge in [-0.3, -0.25) is 4.90 Å². The third-order valence-corrected chi connectivity index (χ3v) is 5.54. The summed E-state index contributed by atoms with van der Waals surface area (Å²) in [4.78, 5) is 19.1. The van der Waals surface area contributed by atoms with E-state index in [0.29, 0.717) is 35.0 Å². The van der Waals surface area contributed by atoms with Crippen LogP contribution in [0.5, 0.6) is 11.5 Å². The Bertz CT molecular complexity index is 1190. The Morgan fingerprint density at radius 1 is 1.12 bits per heavy atom. The number of aromatic nitrogens is 2. The Morgan fingerprint density at radius 2 is 1.85 bits per heavy atom. The maximum Gasteiger partial charge on any atom is 0.322 e. The lowest BCUT2D eigenvalue weighted by Crippen LogP contribution is -2.46. The number of halogens is 1. The lowest BCUT2D eigenvalue weighted by atomic mass is 9.94. The van der Waals surface area contributed by atoms with E-state index in [-0.39, 0.29) is 17.7 Å². The van der Waals surface area contributed by atoms with Gasteiger partial charge >= 0.3 is 6.03 Å². The van der Waals surface area contributed by atoms with Crippen LogP contribution in [0, 0.1) is 5.82 Å². The summed E-state index contributed by atoms with van der Waals surface area (Å²) in [6, 6.07) is 10.5. The fourth-order valence-electron chi connectivity index (χ4n) is 3.88. The standard InChI is InChI=1S/C24H25FN4O4/c1-5-12-29-14(2)20(23-27-22(28-33-23)15-6-9-17(25)10-7-15)21(26-24(29)30)16-8-11-18(31-3)19(13-16)32-4/h6-11,13,21H,5,12H2,1-4H3,(H,26,30). The molecule has 1 unspecified atom stereocenters. The molecule has 9 heteroatoms. The Balaban J connectivity index is 1.82. The molecule has 4 rings (SSSR count). The SMILES string of the molecule is CCCN1C(=O)NC(c2ccc(OC)c(OC)c2)C(c2nc(-c3ccc(F)cc3)no2)=C1C. The number of urea groups is 1. The van der Waals surface area contributed by atoms with Gasteiger partial charge in [0.25, 0.3) is 5.89 Å². The molecule has 0 spiro atoms. The minimum absolute atomic E-state index is 0.212. The van der Waals surface area contributed by atoms with Crippen molar-refractivity contribution in [3.8, 4) is 22.9 Å². The van der Waals surface area contributed by atoms with E-state index in [9.17, 15) is 9.18 Å². The third kappa shape index (κ3) is 4.26. The molecule has 172 valence electrons. The summed E-state index contributed by atoms with van der Waals surface area (Å²) >= 11 is 0. The average Bonchev–Trinajstić information content (AvgIpc) is 3.31. The fraction of sp³-hybridized carbons (Fsp3) is 0.292. The van der Waals surface area contributed by atoms with Crippen molar-refractivity contribution >= 4 is 11.6 Å². The second-order valence-corrected chi connectivity index (χ2v) is 7.58. The summed E-state index contributed by atoms with van der Waals surface area (Å²) in [6.45, 7) is 4.40. The number of nitrogens with zero attached hydrogens (tertiary/aromatic N) is 3. The summed E-state index contributed by atoms with van der Waals surface area (Å²) in [5.74, 6) is 1.37. The summed E-state index contributed by atoms with van der Waals surface area (Å²) in [6.07, 6.45) is 0.781. The number of rotatable bonds is 7. The predicted molar refractivity (Wildman–Crippen MR) is 120 cm³/mol. The highest BCUT2D eigenvalue weighted by molar-refractivity contribution is 5.87. The van der Waals surface area contributed by atoms with Crippen LogP contribution in [0.2, 0.25) is 0 Å². The van der Waals surface area contributed by atoms with Gasteiger partial charge in [0.05, 0.1) is 25.8 Å². The Hall–Kier alpha value is -3.88. The largest absolute Gasteiger partial charge is 0.493 e. The number of hydrogen-bond donors (Lipinski definition) is 1. The van der Waals surface area contributed by atoms with Gasteiger partial charge in [-0.1, -0.05) is 18.1 Å². The van der Waals surface area contributed by atoms with Crippen molar-refractivity contribution in [2.45, 2.75) is 26.3 Å². The normalized spacial score (nSPS) is 16.1. The van der Waals surface area contributed by atoms with Gasteiger partial charge in [0.15, 0.2) is 11.5 Å². The summed E-state index contributed by atoms with van der Waals surface area (Å²) < 4.78 is 29.7. The van der Waals surface area contributed by atoms with Crippen molar-refractivity contribution in [3.63, 3.8) is 0 Å². The van der Waals surface area contributed by atoms with Crippen LogP contribution in [0.15, 0.2) is 52.7 Å². The van der Waals surface area contributed by atoms with Crippen LogP contribution in [0.4, 0.5) is 9.18 Å². The molecule has 0 saturated heterocycles. The van der Waals surface area contributed by atoms with Crippen LogP contribution in [0.1, 0.15) is 37.8 Å². The van der Waals surface area contributed by atoms with Gasteiger partial charge in [-0.15, -0.1) is 0 Å². The molecule has 0 radical (unpaired) electrons. The maximum atomic E-state index is 13.3. The molecular weight excluding hydrogens is 427 g/mol. The number of benzene rings is 2. The molecule has 33 heavy (non-hydrogen) atoms. The monoisotopic (exact) mass is 452 g/mol. The first kappa shape index (κ1) is 22.3. The van der Waals surface area contributed by atoms with Crippen LogP contribution in [-0.2, 0) is 0 Å². The van der Waals surface area contributed by atoms with E-state index in [1.807, 2.05) is 26.0 Å². The lowest BCUT2D eigenvalue weighted by molar-refractivity contribution is 0.205. The van der Waals surface area contributed by atoms with E-state index in [0.717, 1.165) is 17.7 Å². The number of methoxy groups -OCH3 is 2. The van der Waals surface area contributed by atoms with Gasteiger partial charge in [-0.2, -0.15) is 4.98 Å². The number of ether oxygens (including phenoxy) is 2. The van der Waals surface area contributed by atoms with Gasteiger partial charge < -0.3 is 19.3 Å². The minimum atomic E-state index is -0.549. The van der Waals surface area contributed by atoms with E-state index in [4.69, 9.17) is 14.0 Å². The Labute approximate surface area is 191 Å². The second kappa shape index (κ2) is 9.32. The minimum Gasteiger partial charge on any atom is -0.493 e. The number of nitrogens with one attached hydrogen (secondary N) is 1. The van der Waals surface area contributed by atoms with Gasteiger partial charge in [0.1, 0.15) is 5.82 Å². The van der Waals surface area contributed by atoms with Crippen LogP contribution in [0.3, 0.4) is 0 Å². The number of amides is 2. The zero-order chi connectivity index (χ0) is 23.5. The first-order chi connectivity index (χ1) is 16.0. The van der Waals surface area contributed by atoms with Crippen molar-refractivity contribution in [1.29, 1.82) is 0 Å². The summed E-state index contributed by atoms with van der Waals surface area (Å²) in [7, 11) is 3.12. The van der Waals surface area contributed by atoms with Crippen molar-refractivity contribution in [1.82, 2.24) is 20.4 Å². The summed E-state index contributed by atoms with van der Waals surface area (Å²) in [5, 5.41) is 7.13. The molecule has 0 aliphatic carbocycles. The van der Waals surface area contributed by atoms with Crippen LogP contribution in [0.25, 0.3) is 17.0 Å². The molecule has 1 atom stereocenters. The molecule has 1 N–H and O–H groups in total. The van der Waals surface area contributed by atoms with Gasteiger partial charge in [-0.05, 0) is 55.3 Å². The molecule has 2 amide bonds. The molecule has 1 aliphatic heterocycles. The Kier molecular flexibility index (Phi) is 6.30. The van der Waals surface area contributed by atoms with Gasteiger partial charge in [0.2, 0.25) is 5.82 Å². The Morgan fingerprint density at radius 3 is 2.52 bits per heavy atom. The predicted octanol–water partition coefficient (Wildman–Crippen LogP) is 4.80. The average molecular weight is 452 g/mol. The molecule has 2 aromatic carbocycles. The first-order valence-corrected chi connectivity index (χ1v) is 10.6. The van der Waals surface area contributed by atoms with E-state index >= 15 is 0 Å². The van der Waals surface area contributed by atoms with Crippen LogP contribution < -0.4 is 14.8 Å². The number of carbonyl (C=O) groups excluding carboxylic acids is 1. The molecule has 1 aromatic heterocycles. The topological polar surface area (TPSA) is 89.7 Å². The zero-order valence-electron chi connectivity index (χ0n) is 18.9. The smallest absolute Gasteiger partial charge is 0.322 e. The fourth-order valence-corrected chi connectivity index (χ4v) is 3.88. The molecule has 3 aromatic rings. The highest BCUT2D eigenvalue weighted by Gasteiger charge is 2.35. The van der Waals surface area contributed by atoms with Gasteiger partial charge in [-0.25, -0.2) is 9.18 Å². The number of hydrogen-bond acceptors (Lipinski definition) is 6. The second-order valence-electron chi connectivity index (χ2n) is 7.58. The van der Waals surface area contributed by atoms with E-state index in [2.05, 4.69) is 15.5 Å². The van der Waals surface area contributed by atoms with E-state index in [1.165, 1.54) is 12.1 Å². The molecule has 0 saturated carbocycles. The van der Waals surface area contributed by atoms with Crippen LogP contribution >= 0.6 is 0 Å². The highest BCUT2D eigenvalue weighted by Crippen LogP contribution is 2.40. The molecule has 0 fully saturated rings. The molecule has 0 bridgehead atoms. The van der Waals surface area contributed by atoms with Crippen molar-refractivity contribution in [2.24, 2.45) is 0 Å². The van der Waals surface area contributed by atoms with Crippen LogP contribution in [-0.4, -0.2) is 41.8 Å². The lowest BCUT2D eigenvalue weighted by Gasteiger charge is -2.35. The maximum absolute atomic E-state index is 13.3. The zero-order valence-corrected chi connectivity index (χ0v) is 18.9. The quantitative estimate of drug-likeness (QED) is 0.554. The number of allylic oxidation sites excluding steroid dienone is 1. The van der Waals surface area contributed by atoms with Crippen molar-refractivity contribution in [3.05, 3.63) is 65.4 Å². The van der Waals surface area contributed by atoms with Gasteiger partial charge in [0, 0.05) is 17.8 Å². The van der Waals surface area contributed by atoms with Crippen molar-refractivity contribution in [2.75, 3.05) is 20.8 Å². The van der Waals surface area contributed by atoms with E-state index < -0.39 is 6.04 Å². The molecular formula is C24H25FN4O4. The molecule has 1 aliphatic rings. The third-order valence-electron chi connectivity index (χ3n) is 5.54.